The van der Waals surface area contributed by atoms with E-state index in [-0.39, 0.29) is 17.3 Å². The van der Waals surface area contributed by atoms with Crippen LogP contribution in [0.15, 0.2) is 35.5 Å². The van der Waals surface area contributed by atoms with E-state index in [1.54, 1.807) is 12.3 Å². The molecule has 1 aliphatic heterocycles. The summed E-state index contributed by atoms with van der Waals surface area (Å²) in [6, 6.07) is 4.50. The van der Waals surface area contributed by atoms with Crippen molar-refractivity contribution < 1.29 is 13.2 Å². The summed E-state index contributed by atoms with van der Waals surface area (Å²) in [5.41, 5.74) is 3.43. The molecule has 0 spiro atoms. The number of hydrogen-bond donors (Lipinski definition) is 2. The van der Waals surface area contributed by atoms with Crippen LogP contribution in [0.1, 0.15) is 35.4 Å². The zero-order chi connectivity index (χ0) is 18.3. The van der Waals surface area contributed by atoms with Crippen molar-refractivity contribution in [2.45, 2.75) is 36.5 Å². The van der Waals surface area contributed by atoms with Gasteiger partial charge in [0, 0.05) is 17.8 Å². The average molecular weight is 392 g/mol. The number of halogens is 1. The van der Waals surface area contributed by atoms with E-state index < -0.39 is 15.9 Å². The molecular formula is C18H18ClN3O3S. The SMILES string of the molecule is O=C(Nc1cncc2c1CCCC2)[C@H]1CNS(=O)(=O)c2ccc(Cl)cc21. The minimum atomic E-state index is -3.61. The van der Waals surface area contributed by atoms with Crippen LogP contribution in [0, 0.1) is 0 Å². The van der Waals surface area contributed by atoms with Crippen LogP contribution >= 0.6 is 11.6 Å². The third-order valence-electron chi connectivity index (χ3n) is 4.96. The highest BCUT2D eigenvalue weighted by Gasteiger charge is 2.34. The Morgan fingerprint density at radius 3 is 2.88 bits per heavy atom. The van der Waals surface area contributed by atoms with Gasteiger partial charge < -0.3 is 5.32 Å². The highest BCUT2D eigenvalue weighted by Crippen LogP contribution is 2.33. The van der Waals surface area contributed by atoms with Crippen molar-refractivity contribution in [1.82, 2.24) is 9.71 Å². The summed E-state index contributed by atoms with van der Waals surface area (Å²) in [4.78, 5) is 17.3. The standard InChI is InChI=1S/C18H18ClN3O3S/c19-12-5-6-17-14(7-12)15(9-21-26(17,24)25)18(23)22-16-10-20-8-11-3-1-2-4-13(11)16/h5-8,10,15,21H,1-4,9H2,(H,22,23)/t15-/m0/s1. The Morgan fingerprint density at radius 1 is 1.23 bits per heavy atom. The van der Waals surface area contributed by atoms with Gasteiger partial charge in [0.15, 0.2) is 0 Å². The second kappa shape index (κ2) is 6.64. The van der Waals surface area contributed by atoms with Crippen LogP contribution in [0.2, 0.25) is 5.02 Å². The molecule has 0 saturated carbocycles. The highest BCUT2D eigenvalue weighted by atomic mass is 35.5. The van der Waals surface area contributed by atoms with Crippen LogP contribution in [0.25, 0.3) is 0 Å². The zero-order valence-corrected chi connectivity index (χ0v) is 15.5. The van der Waals surface area contributed by atoms with Gasteiger partial charge in [0.05, 0.1) is 22.7 Å². The fraction of sp³-hybridized carbons (Fsp3) is 0.333. The molecule has 2 heterocycles. The molecule has 6 nitrogen and oxygen atoms in total. The number of nitrogens with zero attached hydrogens (tertiary/aromatic N) is 1. The fourth-order valence-electron chi connectivity index (χ4n) is 3.64. The summed E-state index contributed by atoms with van der Waals surface area (Å²) in [5.74, 6) is -0.914. The first-order valence-corrected chi connectivity index (χ1v) is 10.4. The third-order valence-corrected chi connectivity index (χ3v) is 6.69. The van der Waals surface area contributed by atoms with Gasteiger partial charge in [-0.3, -0.25) is 9.78 Å². The number of rotatable bonds is 2. The van der Waals surface area contributed by atoms with Crippen molar-refractivity contribution >= 4 is 33.2 Å². The maximum Gasteiger partial charge on any atom is 0.240 e. The fourth-order valence-corrected chi connectivity index (χ4v) is 5.12. The second-order valence-electron chi connectivity index (χ2n) is 6.61. The smallest absolute Gasteiger partial charge is 0.240 e. The Labute approximate surface area is 157 Å². The molecule has 136 valence electrons. The number of anilines is 1. The van der Waals surface area contributed by atoms with Crippen molar-refractivity contribution in [1.29, 1.82) is 0 Å². The predicted octanol–water partition coefficient (Wildman–Crippen LogP) is 2.63. The molecule has 0 bridgehead atoms. The maximum absolute atomic E-state index is 12.9. The molecule has 8 heteroatoms. The van der Waals surface area contributed by atoms with Gasteiger partial charge in [0.1, 0.15) is 0 Å². The van der Waals surface area contributed by atoms with E-state index in [1.807, 2.05) is 6.20 Å². The van der Waals surface area contributed by atoms with Gasteiger partial charge in [-0.05, 0) is 60.6 Å². The number of hydrogen-bond acceptors (Lipinski definition) is 4. The van der Waals surface area contributed by atoms with Crippen LogP contribution in [-0.4, -0.2) is 25.9 Å². The zero-order valence-electron chi connectivity index (χ0n) is 14.0. The van der Waals surface area contributed by atoms with E-state index in [0.29, 0.717) is 16.3 Å². The van der Waals surface area contributed by atoms with E-state index in [0.717, 1.165) is 31.2 Å². The summed E-state index contributed by atoms with van der Waals surface area (Å²) >= 11 is 6.04. The number of benzene rings is 1. The molecule has 1 atom stereocenters. The van der Waals surface area contributed by atoms with Gasteiger partial charge in [-0.2, -0.15) is 0 Å². The number of carbonyl (C=O) groups excluding carboxylic acids is 1. The molecule has 1 aliphatic carbocycles. The van der Waals surface area contributed by atoms with Crippen molar-refractivity contribution in [3.8, 4) is 0 Å². The molecule has 2 aliphatic rings. The molecule has 1 amide bonds. The number of fused-ring (bicyclic) bond motifs is 2. The molecule has 0 unspecified atom stereocenters. The Bertz CT molecular complexity index is 991. The van der Waals surface area contributed by atoms with Crippen LogP contribution in [-0.2, 0) is 27.7 Å². The number of pyridine rings is 1. The van der Waals surface area contributed by atoms with Crippen molar-refractivity contribution in [2.24, 2.45) is 0 Å². The quantitative estimate of drug-likeness (QED) is 0.823. The molecule has 0 saturated heterocycles. The first-order chi connectivity index (χ1) is 12.5. The van der Waals surface area contributed by atoms with E-state index in [2.05, 4.69) is 15.0 Å². The minimum Gasteiger partial charge on any atom is -0.324 e. The van der Waals surface area contributed by atoms with Crippen molar-refractivity contribution in [2.75, 3.05) is 11.9 Å². The largest absolute Gasteiger partial charge is 0.324 e. The maximum atomic E-state index is 12.9. The highest BCUT2D eigenvalue weighted by molar-refractivity contribution is 7.89. The summed E-state index contributed by atoms with van der Waals surface area (Å²) in [7, 11) is -3.61. The first-order valence-electron chi connectivity index (χ1n) is 8.51. The number of sulfonamides is 1. The Balaban J connectivity index is 1.67. The average Bonchev–Trinajstić information content (AvgIpc) is 2.61. The summed E-state index contributed by atoms with van der Waals surface area (Å²) in [5, 5.41) is 3.35. The van der Waals surface area contributed by atoms with Crippen LogP contribution in [0.3, 0.4) is 0 Å². The van der Waals surface area contributed by atoms with E-state index >= 15 is 0 Å². The van der Waals surface area contributed by atoms with Gasteiger partial charge in [-0.25, -0.2) is 13.1 Å². The number of carbonyl (C=O) groups is 1. The summed E-state index contributed by atoms with van der Waals surface area (Å²) < 4.78 is 26.9. The second-order valence-corrected chi connectivity index (χ2v) is 8.78. The van der Waals surface area contributed by atoms with Gasteiger partial charge >= 0.3 is 0 Å². The third kappa shape index (κ3) is 3.11. The topological polar surface area (TPSA) is 88.2 Å². The van der Waals surface area contributed by atoms with Gasteiger partial charge in [-0.1, -0.05) is 11.6 Å². The first kappa shape index (κ1) is 17.5. The molecule has 2 aromatic rings. The summed E-state index contributed by atoms with van der Waals surface area (Å²) in [6.07, 6.45) is 7.60. The Kier molecular flexibility index (Phi) is 4.46. The van der Waals surface area contributed by atoms with E-state index in [1.165, 1.54) is 17.7 Å². The number of amides is 1. The molecular weight excluding hydrogens is 374 g/mol. The number of aromatic nitrogens is 1. The molecule has 2 N–H and O–H groups in total. The lowest BCUT2D eigenvalue weighted by Crippen LogP contribution is -2.39. The van der Waals surface area contributed by atoms with Crippen molar-refractivity contribution in [3.63, 3.8) is 0 Å². The normalized spacial score (nSPS) is 20.7. The van der Waals surface area contributed by atoms with Gasteiger partial charge in [0.2, 0.25) is 15.9 Å². The number of aryl methyl sites for hydroxylation is 1. The van der Waals surface area contributed by atoms with E-state index in [4.69, 9.17) is 11.6 Å². The lowest BCUT2D eigenvalue weighted by molar-refractivity contribution is -0.117. The molecule has 0 fully saturated rings. The van der Waals surface area contributed by atoms with Crippen LogP contribution < -0.4 is 10.0 Å². The van der Waals surface area contributed by atoms with Crippen LogP contribution in [0.4, 0.5) is 5.69 Å². The van der Waals surface area contributed by atoms with Crippen LogP contribution in [0.5, 0.6) is 0 Å². The predicted molar refractivity (Wildman–Crippen MR) is 98.9 cm³/mol. The van der Waals surface area contributed by atoms with Crippen molar-refractivity contribution in [3.05, 3.63) is 52.3 Å². The monoisotopic (exact) mass is 391 g/mol. The molecule has 1 aromatic heterocycles. The Morgan fingerprint density at radius 2 is 2.04 bits per heavy atom. The Hall–Kier alpha value is -1.96. The van der Waals surface area contributed by atoms with E-state index in [9.17, 15) is 13.2 Å². The van der Waals surface area contributed by atoms with Gasteiger partial charge in [0.25, 0.3) is 0 Å². The molecule has 1 aromatic carbocycles. The lowest BCUT2D eigenvalue weighted by Gasteiger charge is -2.26. The molecule has 26 heavy (non-hydrogen) atoms. The van der Waals surface area contributed by atoms with Gasteiger partial charge in [-0.15, -0.1) is 0 Å². The summed E-state index contributed by atoms with van der Waals surface area (Å²) in [6.45, 7) is 0.00393. The lowest BCUT2D eigenvalue weighted by atomic mass is 9.92. The molecule has 4 rings (SSSR count). The minimum absolute atomic E-state index is 0.00393. The number of nitrogens with one attached hydrogen (secondary N) is 2. The molecule has 0 radical (unpaired) electrons.